The van der Waals surface area contributed by atoms with Gasteiger partial charge in [0.15, 0.2) is 5.82 Å². The van der Waals surface area contributed by atoms with Gasteiger partial charge in [-0.2, -0.15) is 0 Å². The Morgan fingerprint density at radius 2 is 1.94 bits per heavy atom. The van der Waals surface area contributed by atoms with Gasteiger partial charge in [0.05, 0.1) is 5.56 Å². The maximum absolute atomic E-state index is 13.6. The average Bonchev–Trinajstić information content (AvgIpc) is 2.81. The predicted molar refractivity (Wildman–Crippen MR) is 67.8 cm³/mol. The lowest BCUT2D eigenvalue weighted by Gasteiger charge is -2.03. The van der Waals surface area contributed by atoms with E-state index in [9.17, 15) is 8.78 Å². The summed E-state index contributed by atoms with van der Waals surface area (Å²) in [6.45, 7) is 0. The number of aromatic nitrogens is 2. The fourth-order valence-electron chi connectivity index (χ4n) is 1.61. The summed E-state index contributed by atoms with van der Waals surface area (Å²) in [6, 6.07) is 4.93. The summed E-state index contributed by atoms with van der Waals surface area (Å²) in [5.74, 6) is -1.03. The molecule has 18 heavy (non-hydrogen) atoms. The Balaban J connectivity index is 2.27. The SMILES string of the molecule is Fc1ccc(F)c(-c2nc(Cl)c3ccsc3n2)c1. The molecule has 0 saturated heterocycles. The Bertz CT molecular complexity index is 742. The molecule has 0 aliphatic heterocycles. The number of benzene rings is 1. The van der Waals surface area contributed by atoms with Gasteiger partial charge in [0, 0.05) is 5.39 Å². The van der Waals surface area contributed by atoms with Crippen LogP contribution in [0.2, 0.25) is 5.15 Å². The number of halogens is 3. The first kappa shape index (κ1) is 11.5. The number of hydrogen-bond acceptors (Lipinski definition) is 3. The van der Waals surface area contributed by atoms with Gasteiger partial charge >= 0.3 is 0 Å². The van der Waals surface area contributed by atoms with E-state index >= 15 is 0 Å². The van der Waals surface area contributed by atoms with Crippen LogP contribution in [0.3, 0.4) is 0 Å². The highest BCUT2D eigenvalue weighted by molar-refractivity contribution is 7.16. The highest BCUT2D eigenvalue weighted by Crippen LogP contribution is 2.29. The molecule has 0 N–H and O–H groups in total. The Morgan fingerprint density at radius 3 is 2.78 bits per heavy atom. The summed E-state index contributed by atoms with van der Waals surface area (Å²) in [5, 5.41) is 2.76. The summed E-state index contributed by atoms with van der Waals surface area (Å²) in [5.41, 5.74) is 0.00667. The standard InChI is InChI=1S/C12H5ClF2N2S/c13-10-7-3-4-18-12(7)17-11(16-10)8-5-6(14)1-2-9(8)15/h1-5H. The molecule has 3 rings (SSSR count). The number of rotatable bonds is 1. The number of nitrogens with zero attached hydrogens (tertiary/aromatic N) is 2. The van der Waals surface area contributed by atoms with Crippen LogP contribution in [0.1, 0.15) is 0 Å². The molecule has 0 aliphatic rings. The molecule has 1 aromatic carbocycles. The molecule has 90 valence electrons. The van der Waals surface area contributed by atoms with Gasteiger partial charge in [-0.3, -0.25) is 0 Å². The van der Waals surface area contributed by atoms with Crippen molar-refractivity contribution >= 4 is 33.2 Å². The topological polar surface area (TPSA) is 25.8 Å². The van der Waals surface area contributed by atoms with Crippen molar-refractivity contribution in [1.29, 1.82) is 0 Å². The average molecular weight is 283 g/mol. The maximum Gasteiger partial charge on any atom is 0.165 e. The molecule has 3 aromatic rings. The van der Waals surface area contributed by atoms with Crippen LogP contribution in [0.25, 0.3) is 21.6 Å². The van der Waals surface area contributed by atoms with Gasteiger partial charge in [0.25, 0.3) is 0 Å². The van der Waals surface area contributed by atoms with Crippen LogP contribution in [0.5, 0.6) is 0 Å². The molecule has 0 aliphatic carbocycles. The zero-order valence-electron chi connectivity index (χ0n) is 8.82. The van der Waals surface area contributed by atoms with Crippen molar-refractivity contribution in [1.82, 2.24) is 9.97 Å². The van der Waals surface area contributed by atoms with E-state index in [0.717, 1.165) is 18.2 Å². The fraction of sp³-hybridized carbons (Fsp3) is 0. The van der Waals surface area contributed by atoms with Crippen molar-refractivity contribution in [3.8, 4) is 11.4 Å². The van der Waals surface area contributed by atoms with Crippen LogP contribution < -0.4 is 0 Å². The second kappa shape index (κ2) is 4.26. The van der Waals surface area contributed by atoms with Gasteiger partial charge in [-0.05, 0) is 29.6 Å². The molecule has 0 amide bonds. The van der Waals surface area contributed by atoms with E-state index < -0.39 is 11.6 Å². The van der Waals surface area contributed by atoms with Crippen LogP contribution in [-0.4, -0.2) is 9.97 Å². The molecule has 6 heteroatoms. The Kier molecular flexibility index (Phi) is 2.72. The lowest BCUT2D eigenvalue weighted by atomic mass is 10.2. The number of fused-ring (bicyclic) bond motifs is 1. The molecule has 2 heterocycles. The molecule has 2 aromatic heterocycles. The van der Waals surface area contributed by atoms with Crippen molar-refractivity contribution in [3.05, 3.63) is 46.4 Å². The van der Waals surface area contributed by atoms with E-state index in [4.69, 9.17) is 11.6 Å². The van der Waals surface area contributed by atoms with E-state index in [0.29, 0.717) is 10.2 Å². The maximum atomic E-state index is 13.6. The lowest BCUT2D eigenvalue weighted by molar-refractivity contribution is 0.602. The van der Waals surface area contributed by atoms with Crippen molar-refractivity contribution in [2.24, 2.45) is 0 Å². The fourth-order valence-corrected chi connectivity index (χ4v) is 2.66. The van der Waals surface area contributed by atoms with Crippen molar-refractivity contribution in [3.63, 3.8) is 0 Å². The molecule has 0 unspecified atom stereocenters. The first-order valence-corrected chi connectivity index (χ1v) is 6.27. The minimum absolute atomic E-state index is 0.00667. The zero-order valence-corrected chi connectivity index (χ0v) is 10.4. The summed E-state index contributed by atoms with van der Waals surface area (Å²) < 4.78 is 26.8. The molecule has 0 spiro atoms. The van der Waals surface area contributed by atoms with E-state index in [1.54, 1.807) is 6.07 Å². The molecule has 0 fully saturated rings. The lowest BCUT2D eigenvalue weighted by Crippen LogP contribution is -1.93. The highest BCUT2D eigenvalue weighted by Gasteiger charge is 2.13. The van der Waals surface area contributed by atoms with Gasteiger partial charge in [-0.1, -0.05) is 11.6 Å². The van der Waals surface area contributed by atoms with Gasteiger partial charge in [-0.25, -0.2) is 18.7 Å². The van der Waals surface area contributed by atoms with E-state index in [-0.39, 0.29) is 16.5 Å². The normalized spacial score (nSPS) is 11.1. The summed E-state index contributed by atoms with van der Waals surface area (Å²) in [4.78, 5) is 8.83. The summed E-state index contributed by atoms with van der Waals surface area (Å²) in [7, 11) is 0. The van der Waals surface area contributed by atoms with E-state index in [2.05, 4.69) is 9.97 Å². The second-order valence-electron chi connectivity index (χ2n) is 3.60. The largest absolute Gasteiger partial charge is 0.217 e. The highest BCUT2D eigenvalue weighted by atomic mass is 35.5. The predicted octanol–water partition coefficient (Wildman–Crippen LogP) is 4.29. The van der Waals surface area contributed by atoms with Crippen molar-refractivity contribution in [2.75, 3.05) is 0 Å². The van der Waals surface area contributed by atoms with Gasteiger partial charge < -0.3 is 0 Å². The quantitative estimate of drug-likeness (QED) is 0.622. The molecule has 0 radical (unpaired) electrons. The summed E-state index contributed by atoms with van der Waals surface area (Å²) >= 11 is 7.35. The third kappa shape index (κ3) is 1.85. The van der Waals surface area contributed by atoms with Crippen molar-refractivity contribution in [2.45, 2.75) is 0 Å². The second-order valence-corrected chi connectivity index (χ2v) is 4.85. The molecular formula is C12H5ClF2N2S. The van der Waals surface area contributed by atoms with Crippen LogP contribution in [0.15, 0.2) is 29.6 Å². The van der Waals surface area contributed by atoms with E-state index in [1.165, 1.54) is 11.3 Å². The van der Waals surface area contributed by atoms with Crippen molar-refractivity contribution < 1.29 is 8.78 Å². The number of hydrogen-bond donors (Lipinski definition) is 0. The first-order chi connectivity index (χ1) is 8.65. The first-order valence-electron chi connectivity index (χ1n) is 5.01. The number of thiophene rings is 1. The Labute approximate surface area is 110 Å². The zero-order chi connectivity index (χ0) is 12.7. The molecule has 0 saturated carbocycles. The molecule has 2 nitrogen and oxygen atoms in total. The Morgan fingerprint density at radius 1 is 1.11 bits per heavy atom. The van der Waals surface area contributed by atoms with Crippen LogP contribution in [-0.2, 0) is 0 Å². The smallest absolute Gasteiger partial charge is 0.165 e. The third-order valence-electron chi connectivity index (χ3n) is 2.45. The van der Waals surface area contributed by atoms with E-state index in [1.807, 2.05) is 5.38 Å². The molecule has 0 atom stereocenters. The Hall–Kier alpha value is -1.59. The van der Waals surface area contributed by atoms with Crippen LogP contribution in [0, 0.1) is 11.6 Å². The monoisotopic (exact) mass is 282 g/mol. The minimum atomic E-state index is -0.580. The minimum Gasteiger partial charge on any atom is -0.217 e. The van der Waals surface area contributed by atoms with Gasteiger partial charge in [0.1, 0.15) is 21.6 Å². The van der Waals surface area contributed by atoms with Gasteiger partial charge in [-0.15, -0.1) is 11.3 Å². The summed E-state index contributed by atoms with van der Waals surface area (Å²) in [6.07, 6.45) is 0. The molecule has 0 bridgehead atoms. The third-order valence-corrected chi connectivity index (χ3v) is 3.54. The van der Waals surface area contributed by atoms with Gasteiger partial charge in [0.2, 0.25) is 0 Å². The van der Waals surface area contributed by atoms with Crippen LogP contribution in [0.4, 0.5) is 8.78 Å². The van der Waals surface area contributed by atoms with Crippen LogP contribution >= 0.6 is 22.9 Å². The molecular weight excluding hydrogens is 278 g/mol.